The van der Waals surface area contributed by atoms with Crippen molar-refractivity contribution in [1.82, 2.24) is 0 Å². The highest BCUT2D eigenvalue weighted by molar-refractivity contribution is 8.20. The standard InChI is InChI=1S/C14H23OP.C14H22O.Cl3P.3ClH.H2/c1-13(2,3)10-7-8-12(15-16)11(9-10)14(4,5)6;1-13(2,3)10-7-8-12(15)11(9-10)14(4,5)6;1-4(2)3;;;;/h7-9H,16H2,1-6H3;7-9,15H,1-6H3;;4*1H/i;;;;;;1+1. The summed E-state index contributed by atoms with van der Waals surface area (Å²) >= 11 is 14.6. The second-order valence-electron chi connectivity index (χ2n) is 12.8. The first-order chi connectivity index (χ1) is 15.5. The minimum atomic E-state index is -1.20. The van der Waals surface area contributed by atoms with Crippen LogP contribution in [0.1, 0.15) is 107 Å². The fourth-order valence-electron chi connectivity index (χ4n) is 3.29. The Balaban J connectivity index is -0.000000159. The highest BCUT2D eigenvalue weighted by Gasteiger charge is 2.23. The Hall–Kier alpha value is 0.640. The highest BCUT2D eigenvalue weighted by atomic mass is 36.0. The number of phenols is 1. The fraction of sp³-hybridized carbons (Fsp3) is 0.571. The average molecular weight is 694 g/mol. The van der Waals surface area contributed by atoms with Crippen molar-refractivity contribution in [3.8, 4) is 11.5 Å². The predicted molar refractivity (Wildman–Crippen MR) is 188 cm³/mol. The Kier molecular flexibility index (Phi) is 21.9. The lowest BCUT2D eigenvalue weighted by atomic mass is 9.80. The molecule has 0 amide bonds. The van der Waals surface area contributed by atoms with Crippen LogP contribution in [0.2, 0.25) is 0 Å². The third-order valence-corrected chi connectivity index (χ3v) is 5.71. The van der Waals surface area contributed by atoms with Crippen molar-refractivity contribution >= 4 is 86.4 Å². The molecule has 2 rings (SSSR count). The molecule has 0 radical (unpaired) electrons. The topological polar surface area (TPSA) is 29.5 Å². The normalized spacial score (nSPS) is 11.4. The van der Waals surface area contributed by atoms with Gasteiger partial charge in [0.15, 0.2) is 5.98 Å². The van der Waals surface area contributed by atoms with Crippen LogP contribution in [0.5, 0.6) is 11.5 Å². The molecule has 38 heavy (non-hydrogen) atoms. The number of benzene rings is 2. The van der Waals surface area contributed by atoms with E-state index in [1.807, 2.05) is 6.07 Å². The average Bonchev–Trinajstić information content (AvgIpc) is 2.64. The number of aromatic hydroxyl groups is 1. The summed E-state index contributed by atoms with van der Waals surface area (Å²) in [6.07, 6.45) is 0. The van der Waals surface area contributed by atoms with Crippen molar-refractivity contribution < 1.29 is 11.1 Å². The van der Waals surface area contributed by atoms with Crippen molar-refractivity contribution in [3.63, 3.8) is 0 Å². The summed E-state index contributed by atoms with van der Waals surface area (Å²) in [6.45, 7) is 26.2. The van der Waals surface area contributed by atoms with Crippen molar-refractivity contribution in [2.24, 2.45) is 0 Å². The molecule has 1 N–H and O–H groups in total. The first kappa shape index (κ1) is 45.6. The first-order valence-electron chi connectivity index (χ1n) is 11.6. The van der Waals surface area contributed by atoms with Gasteiger partial charge in [0.2, 0.25) is 0 Å². The van der Waals surface area contributed by atoms with Crippen LogP contribution < -0.4 is 4.52 Å². The summed E-state index contributed by atoms with van der Waals surface area (Å²) in [4.78, 5) is 0. The van der Waals surface area contributed by atoms with Crippen LogP contribution in [0.25, 0.3) is 0 Å². The first-order valence-corrected chi connectivity index (χ1v) is 16.2. The molecule has 1 unspecified atom stereocenters. The van der Waals surface area contributed by atoms with Crippen LogP contribution in [0.4, 0.5) is 0 Å². The Morgan fingerprint density at radius 3 is 1.24 bits per heavy atom. The zero-order valence-electron chi connectivity index (χ0n) is 24.7. The summed E-state index contributed by atoms with van der Waals surface area (Å²) in [7, 11) is 2.33. The van der Waals surface area contributed by atoms with Crippen molar-refractivity contribution in [2.75, 3.05) is 0 Å². The molecule has 0 bridgehead atoms. The lowest BCUT2D eigenvalue weighted by molar-refractivity contribution is 0.444. The van der Waals surface area contributed by atoms with E-state index in [4.69, 9.17) is 38.2 Å². The molecule has 2 nitrogen and oxygen atoms in total. The molecule has 226 valence electrons. The largest absolute Gasteiger partial charge is 0.508 e. The third-order valence-electron chi connectivity index (χ3n) is 5.45. The summed E-state index contributed by atoms with van der Waals surface area (Å²) in [5, 5.41) is 9.84. The van der Waals surface area contributed by atoms with Crippen LogP contribution in [-0.2, 0) is 21.7 Å². The van der Waals surface area contributed by atoms with Gasteiger partial charge in [0, 0.05) is 6.99 Å². The summed E-state index contributed by atoms with van der Waals surface area (Å²) in [5.41, 5.74) is 5.31. The second kappa shape index (κ2) is 18.2. The summed E-state index contributed by atoms with van der Waals surface area (Å²) in [5.74, 6) is 0.144. The van der Waals surface area contributed by atoms with Gasteiger partial charge in [0.25, 0.3) is 0 Å². The molecule has 10 heteroatoms. The maximum atomic E-state index is 9.84. The highest BCUT2D eigenvalue weighted by Crippen LogP contribution is 2.51. The molecule has 0 heterocycles. The van der Waals surface area contributed by atoms with Gasteiger partial charge in [-0.15, -0.1) is 37.2 Å². The van der Waals surface area contributed by atoms with E-state index in [2.05, 4.69) is 117 Å². The van der Waals surface area contributed by atoms with Gasteiger partial charge in [-0.2, -0.15) is 0 Å². The Bertz CT molecular complexity index is 946. The molecular formula is C28H50Cl6O2P2. The molecule has 2 aromatic rings. The molecule has 0 saturated carbocycles. The van der Waals surface area contributed by atoms with Gasteiger partial charge < -0.3 is 9.63 Å². The molecule has 1 atom stereocenters. The van der Waals surface area contributed by atoms with E-state index in [0.29, 0.717) is 5.75 Å². The van der Waals surface area contributed by atoms with Crippen LogP contribution in [-0.4, -0.2) is 5.11 Å². The van der Waals surface area contributed by atoms with E-state index in [1.54, 1.807) is 6.07 Å². The number of halogens is 6. The molecule has 0 aromatic heterocycles. The number of hydrogen-bond donors (Lipinski definition) is 1. The summed E-state index contributed by atoms with van der Waals surface area (Å²) < 4.78 is 5.36. The second-order valence-corrected chi connectivity index (χ2v) is 18.0. The molecule has 0 fully saturated rings. The molecule has 0 saturated heterocycles. The lowest BCUT2D eigenvalue weighted by Crippen LogP contribution is -2.16. The van der Waals surface area contributed by atoms with Gasteiger partial charge in [-0.1, -0.05) is 141 Å². The van der Waals surface area contributed by atoms with Crippen LogP contribution >= 0.6 is 86.4 Å². The van der Waals surface area contributed by atoms with E-state index < -0.39 is 5.98 Å². The lowest BCUT2D eigenvalue weighted by Gasteiger charge is -2.26. The van der Waals surface area contributed by atoms with Gasteiger partial charge >= 0.3 is 0 Å². The third kappa shape index (κ3) is 16.8. The zero-order chi connectivity index (χ0) is 28.0. The number of rotatable bonds is 1. The smallest absolute Gasteiger partial charge is 0.179 e. The van der Waals surface area contributed by atoms with Gasteiger partial charge in [-0.3, -0.25) is 0 Å². The van der Waals surface area contributed by atoms with Crippen LogP contribution in [0, 0.1) is 0 Å². The Morgan fingerprint density at radius 2 is 0.947 bits per heavy atom. The van der Waals surface area contributed by atoms with E-state index in [0.717, 1.165) is 11.3 Å². The quantitative estimate of drug-likeness (QED) is 0.301. The molecule has 0 spiro atoms. The summed E-state index contributed by atoms with van der Waals surface area (Å²) in [6, 6.07) is 12.4. The van der Waals surface area contributed by atoms with Gasteiger partial charge in [-0.05, 0) is 50.5 Å². The number of hydrogen-bond acceptors (Lipinski definition) is 2. The minimum Gasteiger partial charge on any atom is -0.508 e. The van der Waals surface area contributed by atoms with E-state index in [9.17, 15) is 5.11 Å². The van der Waals surface area contributed by atoms with Crippen LogP contribution in [0.15, 0.2) is 36.4 Å². The maximum absolute atomic E-state index is 9.84. The molecule has 0 aliphatic rings. The fourth-order valence-corrected chi connectivity index (χ4v) is 3.49. The molecule has 2 aromatic carbocycles. The predicted octanol–water partition coefficient (Wildman–Crippen LogP) is 12.9. The molecule has 0 aliphatic carbocycles. The minimum absolute atomic E-state index is 0. The molecular weight excluding hydrogens is 643 g/mol. The van der Waals surface area contributed by atoms with Crippen LogP contribution in [0.3, 0.4) is 0 Å². The van der Waals surface area contributed by atoms with Gasteiger partial charge in [-0.25, -0.2) is 0 Å². The van der Waals surface area contributed by atoms with Crippen molar-refractivity contribution in [3.05, 3.63) is 58.7 Å². The van der Waals surface area contributed by atoms with Crippen molar-refractivity contribution in [2.45, 2.75) is 105 Å². The monoisotopic (exact) mass is 691 g/mol. The Labute approximate surface area is 270 Å². The van der Waals surface area contributed by atoms with Gasteiger partial charge in [0.1, 0.15) is 11.5 Å². The van der Waals surface area contributed by atoms with Gasteiger partial charge in [0.05, 0.1) is 9.47 Å². The van der Waals surface area contributed by atoms with E-state index in [-0.39, 0.29) is 60.3 Å². The van der Waals surface area contributed by atoms with Crippen molar-refractivity contribution in [1.29, 1.82) is 0 Å². The van der Waals surface area contributed by atoms with E-state index >= 15 is 0 Å². The Morgan fingerprint density at radius 1 is 0.632 bits per heavy atom. The van der Waals surface area contributed by atoms with E-state index in [1.165, 1.54) is 16.7 Å². The molecule has 0 aliphatic heterocycles. The number of phenolic OH excluding ortho intramolecular Hbond substituents is 1. The zero-order valence-corrected chi connectivity index (χ0v) is 31.5. The maximum Gasteiger partial charge on any atom is 0.179 e. The SMILES string of the molecule is CC(C)(C)c1ccc(O)c(C(C)(C)C)c1.CC(C)(C)c1ccc(OP)c(C(C)(C)C)c1.Cl.Cl.Cl.ClP(Cl)Cl.[2HH].